The number of ether oxygens (including phenoxy) is 1. The zero-order valence-corrected chi connectivity index (χ0v) is 15.3. The zero-order valence-electron chi connectivity index (χ0n) is 15.3. The Morgan fingerprint density at radius 2 is 1.88 bits per heavy atom. The summed E-state index contributed by atoms with van der Waals surface area (Å²) in [5.41, 5.74) is 2.34. The van der Waals surface area contributed by atoms with Gasteiger partial charge < -0.3 is 14.5 Å². The molecule has 5 nitrogen and oxygen atoms in total. The molecule has 0 atom stereocenters. The molecule has 136 valence electrons. The van der Waals surface area contributed by atoms with Gasteiger partial charge in [-0.3, -0.25) is 9.59 Å². The number of carbonyl (C=O) groups is 2. The molecular formula is C20H28N2O3. The second kappa shape index (κ2) is 7.56. The average molecular weight is 344 g/mol. The Morgan fingerprint density at radius 3 is 2.52 bits per heavy atom. The number of rotatable bonds is 5. The number of piperidine rings is 1. The van der Waals surface area contributed by atoms with Crippen molar-refractivity contribution in [1.29, 1.82) is 0 Å². The predicted molar refractivity (Wildman–Crippen MR) is 96.2 cm³/mol. The minimum absolute atomic E-state index is 0.0610. The minimum atomic E-state index is 0.0610. The van der Waals surface area contributed by atoms with E-state index in [9.17, 15) is 9.59 Å². The van der Waals surface area contributed by atoms with Crippen molar-refractivity contribution >= 4 is 11.8 Å². The molecule has 0 aromatic heterocycles. The third-order valence-corrected chi connectivity index (χ3v) is 5.62. The fourth-order valence-corrected chi connectivity index (χ4v) is 3.94. The molecule has 25 heavy (non-hydrogen) atoms. The molecule has 2 amide bonds. The van der Waals surface area contributed by atoms with Crippen LogP contribution in [0.2, 0.25) is 0 Å². The van der Waals surface area contributed by atoms with Gasteiger partial charge in [-0.05, 0) is 25.3 Å². The van der Waals surface area contributed by atoms with Crippen molar-refractivity contribution in [3.05, 3.63) is 35.4 Å². The van der Waals surface area contributed by atoms with Crippen LogP contribution >= 0.6 is 0 Å². The van der Waals surface area contributed by atoms with E-state index in [0.717, 1.165) is 38.0 Å². The van der Waals surface area contributed by atoms with Crippen molar-refractivity contribution < 1.29 is 14.3 Å². The molecule has 2 heterocycles. The molecule has 0 N–H and O–H groups in total. The first-order valence-corrected chi connectivity index (χ1v) is 9.11. The third-order valence-electron chi connectivity index (χ3n) is 5.62. The Hall–Kier alpha value is -1.88. The SMILES string of the molecule is COCCN1CC2(CCN(C(=O)Cc3ccc(C)cc3)CC2)CC1=O. The van der Waals surface area contributed by atoms with E-state index in [1.807, 2.05) is 34.1 Å². The normalized spacial score (nSPS) is 19.7. The summed E-state index contributed by atoms with van der Waals surface area (Å²) < 4.78 is 5.09. The maximum atomic E-state index is 12.6. The molecule has 2 fully saturated rings. The van der Waals surface area contributed by atoms with Crippen LogP contribution in [0.4, 0.5) is 0 Å². The number of aryl methyl sites for hydroxylation is 1. The number of nitrogens with zero attached hydrogens (tertiary/aromatic N) is 2. The second-order valence-corrected chi connectivity index (χ2v) is 7.53. The maximum absolute atomic E-state index is 12.6. The Bertz CT molecular complexity index is 618. The molecule has 0 bridgehead atoms. The van der Waals surface area contributed by atoms with Crippen LogP contribution in [0.5, 0.6) is 0 Å². The van der Waals surface area contributed by atoms with Crippen LogP contribution < -0.4 is 0 Å². The van der Waals surface area contributed by atoms with Crippen molar-refractivity contribution in [3.8, 4) is 0 Å². The standard InChI is InChI=1S/C20H28N2O3/c1-16-3-5-17(6-4-16)13-18(23)21-9-7-20(8-10-21)14-19(24)22(15-20)11-12-25-2/h3-6H,7-15H2,1-2H3. The maximum Gasteiger partial charge on any atom is 0.226 e. The van der Waals surface area contributed by atoms with Crippen LogP contribution in [-0.2, 0) is 20.7 Å². The molecule has 2 saturated heterocycles. The number of carbonyl (C=O) groups excluding carboxylic acids is 2. The highest BCUT2D eigenvalue weighted by Gasteiger charge is 2.45. The van der Waals surface area contributed by atoms with Crippen LogP contribution in [0.15, 0.2) is 24.3 Å². The van der Waals surface area contributed by atoms with Gasteiger partial charge in [0.1, 0.15) is 0 Å². The summed E-state index contributed by atoms with van der Waals surface area (Å²) >= 11 is 0. The molecule has 2 aliphatic heterocycles. The Morgan fingerprint density at radius 1 is 1.20 bits per heavy atom. The lowest BCUT2D eigenvalue weighted by atomic mass is 9.77. The summed E-state index contributed by atoms with van der Waals surface area (Å²) in [5, 5.41) is 0. The van der Waals surface area contributed by atoms with Gasteiger partial charge in [0.25, 0.3) is 0 Å². The number of likely N-dealkylation sites (tertiary alicyclic amines) is 2. The van der Waals surface area contributed by atoms with Gasteiger partial charge in [-0.15, -0.1) is 0 Å². The van der Waals surface area contributed by atoms with Gasteiger partial charge in [-0.2, -0.15) is 0 Å². The van der Waals surface area contributed by atoms with Crippen molar-refractivity contribution in [2.45, 2.75) is 32.6 Å². The van der Waals surface area contributed by atoms with E-state index in [2.05, 4.69) is 6.92 Å². The lowest BCUT2D eigenvalue weighted by molar-refractivity contribution is -0.132. The van der Waals surface area contributed by atoms with Crippen LogP contribution in [0, 0.1) is 12.3 Å². The van der Waals surface area contributed by atoms with Crippen LogP contribution in [0.1, 0.15) is 30.4 Å². The van der Waals surface area contributed by atoms with E-state index in [1.54, 1.807) is 7.11 Å². The number of amides is 2. The minimum Gasteiger partial charge on any atom is -0.383 e. The van der Waals surface area contributed by atoms with E-state index in [-0.39, 0.29) is 17.2 Å². The van der Waals surface area contributed by atoms with Crippen molar-refractivity contribution in [2.75, 3.05) is 39.9 Å². The molecule has 2 aliphatic rings. The molecule has 0 unspecified atom stereocenters. The summed E-state index contributed by atoms with van der Waals surface area (Å²) in [7, 11) is 1.66. The van der Waals surface area contributed by atoms with Gasteiger partial charge in [0.15, 0.2) is 0 Å². The molecule has 3 rings (SSSR count). The summed E-state index contributed by atoms with van der Waals surface area (Å²) in [6.45, 7) is 5.64. The fourth-order valence-electron chi connectivity index (χ4n) is 3.94. The molecule has 0 radical (unpaired) electrons. The number of methoxy groups -OCH3 is 1. The molecule has 5 heteroatoms. The lowest BCUT2D eigenvalue weighted by Crippen LogP contribution is -2.45. The third kappa shape index (κ3) is 4.21. The highest BCUT2D eigenvalue weighted by Crippen LogP contribution is 2.41. The van der Waals surface area contributed by atoms with Gasteiger partial charge >= 0.3 is 0 Å². The molecule has 0 saturated carbocycles. The van der Waals surface area contributed by atoms with Crippen LogP contribution in [-0.4, -0.2) is 61.5 Å². The van der Waals surface area contributed by atoms with Crippen molar-refractivity contribution in [3.63, 3.8) is 0 Å². The van der Waals surface area contributed by atoms with Gasteiger partial charge in [0.2, 0.25) is 11.8 Å². The van der Waals surface area contributed by atoms with Gasteiger partial charge in [-0.25, -0.2) is 0 Å². The molecular weight excluding hydrogens is 316 g/mol. The summed E-state index contributed by atoms with van der Waals surface area (Å²) in [6, 6.07) is 8.16. The fraction of sp³-hybridized carbons (Fsp3) is 0.600. The first kappa shape index (κ1) is 17.9. The summed E-state index contributed by atoms with van der Waals surface area (Å²) in [4.78, 5) is 28.7. The highest BCUT2D eigenvalue weighted by molar-refractivity contribution is 5.80. The Balaban J connectivity index is 1.52. The number of hydrogen-bond donors (Lipinski definition) is 0. The quantitative estimate of drug-likeness (QED) is 0.821. The van der Waals surface area contributed by atoms with Crippen molar-refractivity contribution in [2.24, 2.45) is 5.41 Å². The highest BCUT2D eigenvalue weighted by atomic mass is 16.5. The smallest absolute Gasteiger partial charge is 0.226 e. The second-order valence-electron chi connectivity index (χ2n) is 7.53. The van der Waals surface area contributed by atoms with E-state index in [1.165, 1.54) is 5.56 Å². The first-order valence-electron chi connectivity index (χ1n) is 9.11. The predicted octanol–water partition coefficient (Wildman–Crippen LogP) is 2.03. The largest absolute Gasteiger partial charge is 0.383 e. The van der Waals surface area contributed by atoms with Crippen LogP contribution in [0.3, 0.4) is 0 Å². The van der Waals surface area contributed by atoms with Gasteiger partial charge in [-0.1, -0.05) is 29.8 Å². The molecule has 0 aliphatic carbocycles. The van der Waals surface area contributed by atoms with E-state index >= 15 is 0 Å². The monoisotopic (exact) mass is 344 g/mol. The lowest BCUT2D eigenvalue weighted by Gasteiger charge is -2.39. The molecule has 1 spiro atoms. The topological polar surface area (TPSA) is 49.9 Å². The zero-order chi connectivity index (χ0) is 17.9. The van der Waals surface area contributed by atoms with Gasteiger partial charge in [0, 0.05) is 45.1 Å². The van der Waals surface area contributed by atoms with Crippen molar-refractivity contribution in [1.82, 2.24) is 9.80 Å². The van der Waals surface area contributed by atoms with Crippen LogP contribution in [0.25, 0.3) is 0 Å². The van der Waals surface area contributed by atoms with E-state index in [4.69, 9.17) is 4.74 Å². The first-order chi connectivity index (χ1) is 12.0. The number of benzene rings is 1. The Kier molecular flexibility index (Phi) is 5.42. The summed E-state index contributed by atoms with van der Waals surface area (Å²) in [5.74, 6) is 0.427. The molecule has 1 aromatic carbocycles. The summed E-state index contributed by atoms with van der Waals surface area (Å²) in [6.07, 6.45) is 2.92. The average Bonchev–Trinajstić information content (AvgIpc) is 2.91. The van der Waals surface area contributed by atoms with E-state index < -0.39 is 0 Å². The number of hydrogen-bond acceptors (Lipinski definition) is 3. The Labute approximate surface area is 149 Å². The van der Waals surface area contributed by atoms with E-state index in [0.29, 0.717) is 26.0 Å². The van der Waals surface area contributed by atoms with Gasteiger partial charge in [0.05, 0.1) is 13.0 Å². The molecule has 1 aromatic rings.